The molecular formula is C12H19BrClN3O. The molecule has 18 heavy (non-hydrogen) atoms. The van der Waals surface area contributed by atoms with E-state index in [2.05, 4.69) is 35.1 Å². The average Bonchev–Trinajstić information content (AvgIpc) is 2.61. The zero-order valence-corrected chi connectivity index (χ0v) is 13.2. The predicted molar refractivity (Wildman–Crippen MR) is 78.3 cm³/mol. The molecule has 0 bridgehead atoms. The lowest BCUT2D eigenvalue weighted by Gasteiger charge is -2.38. The fourth-order valence-corrected chi connectivity index (χ4v) is 2.75. The van der Waals surface area contributed by atoms with Crippen LogP contribution in [0.4, 0.5) is 0 Å². The molecule has 2 heterocycles. The van der Waals surface area contributed by atoms with E-state index >= 15 is 0 Å². The van der Waals surface area contributed by atoms with E-state index in [1.165, 1.54) is 0 Å². The monoisotopic (exact) mass is 335 g/mol. The minimum Gasteiger partial charge on any atom is -0.345 e. The standard InChI is InChI=1S/C12H18BrN3O.ClH/c1-8-9(2)16(5-4-14-8)12(17)11-6-10(13)7-15(11)3;/h6-9,14H,4-5H2,1-3H3;1H. The molecule has 0 spiro atoms. The number of hydrogen-bond acceptors (Lipinski definition) is 2. The van der Waals surface area contributed by atoms with Crippen LogP contribution in [0, 0.1) is 0 Å². The number of rotatable bonds is 1. The number of carbonyl (C=O) groups excluding carboxylic acids is 1. The van der Waals surface area contributed by atoms with Gasteiger partial charge in [-0.1, -0.05) is 0 Å². The molecule has 1 fully saturated rings. The minimum absolute atomic E-state index is 0. The topological polar surface area (TPSA) is 37.3 Å². The first-order chi connectivity index (χ1) is 8.00. The number of aryl methyl sites for hydroxylation is 1. The minimum atomic E-state index is 0. The van der Waals surface area contributed by atoms with Crippen molar-refractivity contribution in [2.24, 2.45) is 7.05 Å². The maximum absolute atomic E-state index is 12.4. The highest BCUT2D eigenvalue weighted by Crippen LogP contribution is 2.18. The molecule has 102 valence electrons. The molecule has 1 amide bonds. The van der Waals surface area contributed by atoms with Gasteiger partial charge in [-0.05, 0) is 35.8 Å². The van der Waals surface area contributed by atoms with E-state index in [-0.39, 0.29) is 24.4 Å². The number of carbonyl (C=O) groups is 1. The maximum atomic E-state index is 12.4. The molecule has 1 aliphatic rings. The number of aromatic nitrogens is 1. The molecule has 2 unspecified atom stereocenters. The molecule has 1 aromatic rings. The van der Waals surface area contributed by atoms with Crippen LogP contribution in [-0.2, 0) is 7.05 Å². The Balaban J connectivity index is 0.00000162. The number of nitrogens with zero attached hydrogens (tertiary/aromatic N) is 2. The summed E-state index contributed by atoms with van der Waals surface area (Å²) < 4.78 is 2.81. The van der Waals surface area contributed by atoms with Crippen LogP contribution in [0.3, 0.4) is 0 Å². The van der Waals surface area contributed by atoms with Gasteiger partial charge < -0.3 is 14.8 Å². The van der Waals surface area contributed by atoms with E-state index in [1.54, 1.807) is 0 Å². The summed E-state index contributed by atoms with van der Waals surface area (Å²) in [6.07, 6.45) is 1.91. The molecular weight excluding hydrogens is 318 g/mol. The fraction of sp³-hybridized carbons (Fsp3) is 0.583. The Bertz CT molecular complexity index is 435. The summed E-state index contributed by atoms with van der Waals surface area (Å²) in [6.45, 7) is 5.84. The van der Waals surface area contributed by atoms with Crippen LogP contribution >= 0.6 is 28.3 Å². The molecule has 1 aromatic heterocycles. The molecule has 1 saturated heterocycles. The lowest BCUT2D eigenvalue weighted by atomic mass is 10.1. The zero-order valence-electron chi connectivity index (χ0n) is 10.8. The van der Waals surface area contributed by atoms with Gasteiger partial charge in [0.15, 0.2) is 0 Å². The average molecular weight is 337 g/mol. The molecule has 0 aliphatic carbocycles. The summed E-state index contributed by atoms with van der Waals surface area (Å²) in [5.41, 5.74) is 0.734. The Kier molecular flexibility index (Phi) is 5.25. The molecule has 1 aliphatic heterocycles. The first-order valence-electron chi connectivity index (χ1n) is 5.87. The van der Waals surface area contributed by atoms with Crippen molar-refractivity contribution in [2.45, 2.75) is 25.9 Å². The zero-order chi connectivity index (χ0) is 12.6. The third-order valence-corrected chi connectivity index (χ3v) is 3.92. The van der Waals surface area contributed by atoms with Gasteiger partial charge in [-0.2, -0.15) is 0 Å². The number of halogens is 2. The molecule has 0 aromatic carbocycles. The highest BCUT2D eigenvalue weighted by atomic mass is 79.9. The first-order valence-corrected chi connectivity index (χ1v) is 6.66. The Morgan fingerprint density at radius 2 is 2.17 bits per heavy atom. The highest BCUT2D eigenvalue weighted by Gasteiger charge is 2.29. The molecule has 0 saturated carbocycles. The second-order valence-electron chi connectivity index (χ2n) is 4.64. The number of piperazine rings is 1. The fourth-order valence-electron chi connectivity index (χ4n) is 2.23. The summed E-state index contributed by atoms with van der Waals surface area (Å²) in [4.78, 5) is 14.4. The highest BCUT2D eigenvalue weighted by molar-refractivity contribution is 9.10. The number of amides is 1. The Hall–Kier alpha value is -0.520. The molecule has 2 rings (SSSR count). The Morgan fingerprint density at radius 1 is 1.50 bits per heavy atom. The van der Waals surface area contributed by atoms with E-state index in [0.717, 1.165) is 23.3 Å². The van der Waals surface area contributed by atoms with Crippen LogP contribution in [0.25, 0.3) is 0 Å². The van der Waals surface area contributed by atoms with Crippen molar-refractivity contribution in [1.82, 2.24) is 14.8 Å². The van der Waals surface area contributed by atoms with Crippen molar-refractivity contribution in [3.63, 3.8) is 0 Å². The van der Waals surface area contributed by atoms with Crippen LogP contribution in [-0.4, -0.2) is 40.5 Å². The normalized spacial score (nSPS) is 23.7. The Labute approximate surface area is 122 Å². The molecule has 1 N–H and O–H groups in total. The maximum Gasteiger partial charge on any atom is 0.270 e. The van der Waals surface area contributed by atoms with Crippen molar-refractivity contribution in [1.29, 1.82) is 0 Å². The third-order valence-electron chi connectivity index (χ3n) is 3.49. The van der Waals surface area contributed by atoms with Gasteiger partial charge in [0.1, 0.15) is 5.69 Å². The summed E-state index contributed by atoms with van der Waals surface area (Å²) >= 11 is 3.40. The van der Waals surface area contributed by atoms with Crippen molar-refractivity contribution in [3.05, 3.63) is 22.4 Å². The summed E-state index contributed by atoms with van der Waals surface area (Å²) in [5, 5.41) is 3.38. The summed E-state index contributed by atoms with van der Waals surface area (Å²) in [6, 6.07) is 2.45. The summed E-state index contributed by atoms with van der Waals surface area (Å²) in [7, 11) is 1.90. The lowest BCUT2D eigenvalue weighted by molar-refractivity contribution is 0.0593. The van der Waals surface area contributed by atoms with Gasteiger partial charge in [0, 0.05) is 42.9 Å². The van der Waals surface area contributed by atoms with Crippen LogP contribution in [0.5, 0.6) is 0 Å². The smallest absolute Gasteiger partial charge is 0.270 e. The second kappa shape index (κ2) is 6.08. The lowest BCUT2D eigenvalue weighted by Crippen LogP contribution is -2.57. The van der Waals surface area contributed by atoms with Gasteiger partial charge >= 0.3 is 0 Å². The van der Waals surface area contributed by atoms with Crippen molar-refractivity contribution in [2.75, 3.05) is 13.1 Å². The predicted octanol–water partition coefficient (Wildman–Crippen LogP) is 2.03. The van der Waals surface area contributed by atoms with Gasteiger partial charge in [-0.25, -0.2) is 0 Å². The number of hydrogen-bond donors (Lipinski definition) is 1. The van der Waals surface area contributed by atoms with Gasteiger partial charge in [-0.3, -0.25) is 4.79 Å². The largest absolute Gasteiger partial charge is 0.345 e. The van der Waals surface area contributed by atoms with Crippen LogP contribution in [0.1, 0.15) is 24.3 Å². The van der Waals surface area contributed by atoms with Crippen LogP contribution < -0.4 is 5.32 Å². The van der Waals surface area contributed by atoms with Crippen LogP contribution in [0.15, 0.2) is 16.7 Å². The molecule has 2 atom stereocenters. The Morgan fingerprint density at radius 3 is 2.72 bits per heavy atom. The summed E-state index contributed by atoms with van der Waals surface area (Å²) in [5.74, 6) is 0.110. The van der Waals surface area contributed by atoms with E-state index < -0.39 is 0 Å². The SMILES string of the molecule is CC1NCCN(C(=O)c2cc(Br)cn2C)C1C.Cl. The van der Waals surface area contributed by atoms with Gasteiger partial charge in [0.2, 0.25) is 0 Å². The number of nitrogens with one attached hydrogen (secondary N) is 1. The van der Waals surface area contributed by atoms with Crippen LogP contribution in [0.2, 0.25) is 0 Å². The van der Waals surface area contributed by atoms with E-state index in [1.807, 2.05) is 28.8 Å². The van der Waals surface area contributed by atoms with E-state index in [4.69, 9.17) is 0 Å². The van der Waals surface area contributed by atoms with E-state index in [0.29, 0.717) is 6.04 Å². The van der Waals surface area contributed by atoms with Gasteiger partial charge in [0.05, 0.1) is 0 Å². The quantitative estimate of drug-likeness (QED) is 0.852. The molecule has 4 nitrogen and oxygen atoms in total. The molecule has 6 heteroatoms. The second-order valence-corrected chi connectivity index (χ2v) is 5.55. The van der Waals surface area contributed by atoms with Gasteiger partial charge in [-0.15, -0.1) is 12.4 Å². The van der Waals surface area contributed by atoms with Crippen molar-refractivity contribution >= 4 is 34.2 Å². The molecule has 0 radical (unpaired) electrons. The third kappa shape index (κ3) is 2.90. The van der Waals surface area contributed by atoms with Crippen molar-refractivity contribution in [3.8, 4) is 0 Å². The van der Waals surface area contributed by atoms with Crippen molar-refractivity contribution < 1.29 is 4.79 Å². The van der Waals surface area contributed by atoms with E-state index in [9.17, 15) is 4.79 Å². The first kappa shape index (κ1) is 15.5. The van der Waals surface area contributed by atoms with Gasteiger partial charge in [0.25, 0.3) is 5.91 Å².